The number of aliphatic carboxylic acids is 1. The number of nitrogens with two attached hydrogens (primary N) is 2. The van der Waals surface area contributed by atoms with Crippen molar-refractivity contribution in [3.8, 4) is 0 Å². The van der Waals surface area contributed by atoms with Gasteiger partial charge in [-0.05, 0) is 30.2 Å². The highest BCUT2D eigenvalue weighted by Gasteiger charge is 2.42. The van der Waals surface area contributed by atoms with Crippen molar-refractivity contribution in [2.75, 3.05) is 5.73 Å². The zero-order valence-electron chi connectivity index (χ0n) is 12.7. The van der Waals surface area contributed by atoms with Crippen LogP contribution in [-0.2, 0) is 14.4 Å². The first-order valence-electron chi connectivity index (χ1n) is 6.85. The van der Waals surface area contributed by atoms with Gasteiger partial charge in [-0.1, -0.05) is 36.1 Å². The average Bonchev–Trinajstić information content (AvgIpc) is 2.78. The van der Waals surface area contributed by atoms with Gasteiger partial charge in [0, 0.05) is 5.69 Å². The zero-order chi connectivity index (χ0) is 18.0. The number of carboxylic acid groups (broad SMARTS) is 1. The van der Waals surface area contributed by atoms with Gasteiger partial charge in [0.05, 0.1) is 11.3 Å². The summed E-state index contributed by atoms with van der Waals surface area (Å²) in [5.74, 6) is -2.72. The first-order valence-corrected chi connectivity index (χ1v) is 8.08. The quantitative estimate of drug-likeness (QED) is 0.406. The lowest BCUT2D eigenvalue weighted by Crippen LogP contribution is -2.46. The van der Waals surface area contributed by atoms with E-state index < -0.39 is 30.2 Å². The number of thiocarbonyl (C=S) groups is 1. The maximum atomic E-state index is 12.7. The molecule has 0 radical (unpaired) electrons. The van der Waals surface area contributed by atoms with E-state index in [4.69, 9.17) is 23.7 Å². The van der Waals surface area contributed by atoms with E-state index in [2.05, 4.69) is 0 Å². The van der Waals surface area contributed by atoms with Crippen molar-refractivity contribution in [1.29, 1.82) is 0 Å². The van der Waals surface area contributed by atoms with Gasteiger partial charge in [0.25, 0.3) is 5.91 Å². The summed E-state index contributed by atoms with van der Waals surface area (Å²) in [5.41, 5.74) is 12.7. The number of hydrogen-bond acceptors (Lipinski definition) is 6. The van der Waals surface area contributed by atoms with Gasteiger partial charge in [-0.2, -0.15) is 0 Å². The molecule has 5 N–H and O–H groups in total. The van der Waals surface area contributed by atoms with Gasteiger partial charge < -0.3 is 16.6 Å². The van der Waals surface area contributed by atoms with Crippen LogP contribution in [0.25, 0.3) is 5.57 Å². The number of nitrogen functional groups attached to an aromatic ring is 1. The van der Waals surface area contributed by atoms with E-state index in [1.165, 1.54) is 0 Å². The first kappa shape index (κ1) is 18.0. The molecule has 1 fully saturated rings. The maximum absolute atomic E-state index is 12.7. The molecule has 1 unspecified atom stereocenters. The molecule has 2 amide bonds. The fourth-order valence-corrected chi connectivity index (χ4v) is 3.66. The van der Waals surface area contributed by atoms with Crippen molar-refractivity contribution in [1.82, 2.24) is 4.90 Å². The molecule has 1 aliphatic heterocycles. The molecule has 1 aromatic rings. The Morgan fingerprint density at radius 3 is 2.62 bits per heavy atom. The van der Waals surface area contributed by atoms with Crippen LogP contribution in [0.1, 0.15) is 18.9 Å². The Morgan fingerprint density at radius 2 is 2.08 bits per heavy atom. The number of carboxylic acids is 1. The van der Waals surface area contributed by atoms with E-state index in [-0.39, 0.29) is 4.32 Å². The molecule has 1 aromatic carbocycles. The summed E-state index contributed by atoms with van der Waals surface area (Å²) in [6.45, 7) is 1.73. The van der Waals surface area contributed by atoms with Crippen LogP contribution >= 0.6 is 24.0 Å². The average molecular weight is 365 g/mol. The van der Waals surface area contributed by atoms with Crippen LogP contribution < -0.4 is 11.5 Å². The van der Waals surface area contributed by atoms with Crippen molar-refractivity contribution in [2.45, 2.75) is 19.4 Å². The summed E-state index contributed by atoms with van der Waals surface area (Å²) in [5, 5.41) is 9.29. The van der Waals surface area contributed by atoms with Gasteiger partial charge in [-0.15, -0.1) is 0 Å². The normalized spacial score (nSPS) is 17.8. The van der Waals surface area contributed by atoms with E-state index in [1.54, 1.807) is 31.2 Å². The first-order chi connectivity index (χ1) is 11.2. The number of rotatable bonds is 5. The molecule has 0 aliphatic carbocycles. The number of allylic oxidation sites excluding steroid dienone is 1. The van der Waals surface area contributed by atoms with Gasteiger partial charge in [-0.3, -0.25) is 14.5 Å². The molecule has 1 heterocycles. The molecule has 24 heavy (non-hydrogen) atoms. The lowest BCUT2D eigenvalue weighted by Gasteiger charge is -2.21. The number of amides is 2. The minimum atomic E-state index is -1.42. The van der Waals surface area contributed by atoms with E-state index >= 15 is 0 Å². The standard InChI is InChI=1S/C15H15N3O4S2/c1-7(8-3-2-4-9(16)5-8)12-13(20)18(15(23)24-12)10(14(21)22)6-11(17)19/h2-5,10H,6,16H2,1H3,(H2,17,19)(H,21,22)/b12-7-. The molecule has 1 aliphatic rings. The van der Waals surface area contributed by atoms with E-state index in [9.17, 15) is 19.5 Å². The van der Waals surface area contributed by atoms with Crippen LogP contribution in [-0.4, -0.2) is 38.2 Å². The van der Waals surface area contributed by atoms with Crippen molar-refractivity contribution in [3.63, 3.8) is 0 Å². The largest absolute Gasteiger partial charge is 0.480 e. The summed E-state index contributed by atoms with van der Waals surface area (Å²) in [6, 6.07) is 5.55. The summed E-state index contributed by atoms with van der Waals surface area (Å²) < 4.78 is 0.0758. The number of primary amides is 1. The summed E-state index contributed by atoms with van der Waals surface area (Å²) in [7, 11) is 0. The van der Waals surface area contributed by atoms with Crippen LogP contribution in [0.15, 0.2) is 29.2 Å². The molecule has 1 atom stereocenters. The molecule has 0 bridgehead atoms. The zero-order valence-corrected chi connectivity index (χ0v) is 14.3. The van der Waals surface area contributed by atoms with Crippen molar-refractivity contribution in [2.24, 2.45) is 5.73 Å². The topological polar surface area (TPSA) is 127 Å². The summed E-state index contributed by atoms with van der Waals surface area (Å²) >= 11 is 6.13. The number of anilines is 1. The van der Waals surface area contributed by atoms with Crippen LogP contribution in [0.2, 0.25) is 0 Å². The van der Waals surface area contributed by atoms with Gasteiger partial charge in [0.15, 0.2) is 0 Å². The number of carbonyl (C=O) groups excluding carboxylic acids is 2. The fourth-order valence-electron chi connectivity index (χ4n) is 2.26. The molecular formula is C15H15N3O4S2. The molecule has 1 saturated heterocycles. The Bertz CT molecular complexity index is 776. The molecule has 126 valence electrons. The second kappa shape index (κ2) is 7.02. The molecule has 2 rings (SSSR count). The Morgan fingerprint density at radius 1 is 1.42 bits per heavy atom. The second-order valence-corrected chi connectivity index (χ2v) is 6.79. The number of carbonyl (C=O) groups is 3. The summed E-state index contributed by atoms with van der Waals surface area (Å²) in [4.78, 5) is 36.4. The molecule has 0 aromatic heterocycles. The van der Waals surface area contributed by atoms with E-state index in [0.29, 0.717) is 16.2 Å². The van der Waals surface area contributed by atoms with Crippen molar-refractivity contribution in [3.05, 3.63) is 34.7 Å². The molecular weight excluding hydrogens is 350 g/mol. The second-order valence-electron chi connectivity index (χ2n) is 5.15. The smallest absolute Gasteiger partial charge is 0.327 e. The summed E-state index contributed by atoms with van der Waals surface area (Å²) in [6.07, 6.45) is -0.508. The van der Waals surface area contributed by atoms with Gasteiger partial charge >= 0.3 is 5.97 Å². The van der Waals surface area contributed by atoms with Crippen LogP contribution in [0, 0.1) is 0 Å². The molecule has 7 nitrogen and oxygen atoms in total. The predicted octanol–water partition coefficient (Wildman–Crippen LogP) is 1.19. The number of thioether (sulfide) groups is 1. The lowest BCUT2D eigenvalue weighted by atomic mass is 10.1. The van der Waals surface area contributed by atoms with E-state index in [0.717, 1.165) is 22.2 Å². The Kier molecular flexibility index (Phi) is 5.25. The Hall–Kier alpha value is -2.39. The molecule has 0 spiro atoms. The van der Waals surface area contributed by atoms with Crippen LogP contribution in [0.3, 0.4) is 0 Å². The third kappa shape index (κ3) is 3.57. The van der Waals surface area contributed by atoms with Crippen LogP contribution in [0.4, 0.5) is 5.69 Å². The van der Waals surface area contributed by atoms with Crippen molar-refractivity contribution < 1.29 is 19.5 Å². The fraction of sp³-hybridized carbons (Fsp3) is 0.200. The molecule has 9 heteroatoms. The highest BCUT2D eigenvalue weighted by Crippen LogP contribution is 2.38. The van der Waals surface area contributed by atoms with Crippen LogP contribution in [0.5, 0.6) is 0 Å². The minimum absolute atomic E-state index is 0.0758. The number of nitrogens with zero attached hydrogens (tertiary/aromatic N) is 1. The highest BCUT2D eigenvalue weighted by atomic mass is 32.2. The SMILES string of the molecule is C/C(=C1/SC(=S)N(C(CC(N)=O)C(=O)O)C1=O)c1cccc(N)c1. The Labute approximate surface area is 147 Å². The lowest BCUT2D eigenvalue weighted by molar-refractivity contribution is -0.146. The van der Waals surface area contributed by atoms with Gasteiger partial charge in [0.1, 0.15) is 10.4 Å². The minimum Gasteiger partial charge on any atom is -0.480 e. The predicted molar refractivity (Wildman–Crippen MR) is 95.7 cm³/mol. The molecule has 0 saturated carbocycles. The van der Waals surface area contributed by atoms with Gasteiger partial charge in [-0.25, -0.2) is 4.79 Å². The third-order valence-corrected chi connectivity index (χ3v) is 4.95. The number of benzene rings is 1. The van der Waals surface area contributed by atoms with E-state index in [1.807, 2.05) is 0 Å². The highest BCUT2D eigenvalue weighted by molar-refractivity contribution is 8.26. The van der Waals surface area contributed by atoms with Gasteiger partial charge in [0.2, 0.25) is 5.91 Å². The number of hydrogen-bond donors (Lipinski definition) is 3. The van der Waals surface area contributed by atoms with Crippen molar-refractivity contribution >= 4 is 57.3 Å². The third-order valence-electron chi connectivity index (χ3n) is 3.45. The monoisotopic (exact) mass is 365 g/mol. The Balaban J connectivity index is 2.42. The maximum Gasteiger partial charge on any atom is 0.327 e.